The van der Waals surface area contributed by atoms with E-state index in [9.17, 15) is 4.79 Å². The highest BCUT2D eigenvalue weighted by atomic mass is 16.5. The lowest BCUT2D eigenvalue weighted by atomic mass is 9.78. The fourth-order valence-corrected chi connectivity index (χ4v) is 4.44. The zero-order chi connectivity index (χ0) is 16.6. The molecule has 0 aromatic heterocycles. The molecule has 0 N–H and O–H groups in total. The maximum absolute atomic E-state index is 13.1. The van der Waals surface area contributed by atoms with Crippen LogP contribution in [0, 0.1) is 11.3 Å². The molecule has 1 spiro atoms. The topological polar surface area (TPSA) is 32.8 Å². The number of ether oxygens (including phenoxy) is 1. The van der Waals surface area contributed by atoms with Crippen molar-refractivity contribution < 1.29 is 9.53 Å². The number of likely N-dealkylation sites (tertiary alicyclic amines) is 2. The van der Waals surface area contributed by atoms with Gasteiger partial charge in [0.25, 0.3) is 0 Å². The van der Waals surface area contributed by atoms with Crippen molar-refractivity contribution >= 4 is 5.91 Å². The highest BCUT2D eigenvalue weighted by Gasteiger charge is 2.48. The molecule has 4 nitrogen and oxygen atoms in total. The number of carbonyl (C=O) groups excluding carboxylic acids is 1. The predicted molar refractivity (Wildman–Crippen MR) is 93.9 cm³/mol. The average molecular weight is 328 g/mol. The standard InChI is InChI=1S/C20H28N2O2/c1-24-18-5-2-4-17(12-18)13-21-11-9-20(15-21)8-3-10-22(19(20)23)14-16-6-7-16/h2,4-5,12,16H,3,6-11,13-15H2,1H3. The number of nitrogens with zero attached hydrogens (tertiary/aromatic N) is 2. The maximum atomic E-state index is 13.1. The second-order valence-electron chi connectivity index (χ2n) is 7.89. The first-order chi connectivity index (χ1) is 11.7. The first-order valence-electron chi connectivity index (χ1n) is 9.33. The number of methoxy groups -OCH3 is 1. The summed E-state index contributed by atoms with van der Waals surface area (Å²) in [5, 5.41) is 0. The van der Waals surface area contributed by atoms with Crippen LogP contribution in [-0.2, 0) is 11.3 Å². The SMILES string of the molecule is COc1cccc(CN2CCC3(CCCN(CC4CC4)C3=O)C2)c1. The Morgan fingerprint density at radius 3 is 2.92 bits per heavy atom. The minimum atomic E-state index is -0.105. The summed E-state index contributed by atoms with van der Waals surface area (Å²) in [6.45, 7) is 4.85. The van der Waals surface area contributed by atoms with Gasteiger partial charge in [-0.15, -0.1) is 0 Å². The number of carbonyl (C=O) groups is 1. The summed E-state index contributed by atoms with van der Waals surface area (Å²) >= 11 is 0. The number of benzene rings is 1. The van der Waals surface area contributed by atoms with Gasteiger partial charge in [0.1, 0.15) is 5.75 Å². The van der Waals surface area contributed by atoms with E-state index in [-0.39, 0.29) is 5.41 Å². The molecule has 4 heteroatoms. The van der Waals surface area contributed by atoms with Gasteiger partial charge in [-0.05, 0) is 62.3 Å². The molecule has 1 aliphatic carbocycles. The lowest BCUT2D eigenvalue weighted by molar-refractivity contribution is -0.145. The van der Waals surface area contributed by atoms with Crippen LogP contribution in [0.1, 0.15) is 37.7 Å². The molecule has 3 aliphatic rings. The van der Waals surface area contributed by atoms with Crippen molar-refractivity contribution in [1.82, 2.24) is 9.80 Å². The number of amides is 1. The van der Waals surface area contributed by atoms with Crippen molar-refractivity contribution in [3.05, 3.63) is 29.8 Å². The van der Waals surface area contributed by atoms with E-state index in [1.165, 1.54) is 24.8 Å². The van der Waals surface area contributed by atoms with E-state index in [1.54, 1.807) is 7.11 Å². The van der Waals surface area contributed by atoms with Crippen LogP contribution in [0.4, 0.5) is 0 Å². The van der Waals surface area contributed by atoms with Crippen LogP contribution in [0.5, 0.6) is 5.75 Å². The number of rotatable bonds is 5. The maximum Gasteiger partial charge on any atom is 0.230 e. The molecule has 1 saturated carbocycles. The zero-order valence-electron chi connectivity index (χ0n) is 14.7. The van der Waals surface area contributed by atoms with E-state index in [2.05, 4.69) is 21.9 Å². The monoisotopic (exact) mass is 328 g/mol. The molecular weight excluding hydrogens is 300 g/mol. The number of piperidine rings is 1. The summed E-state index contributed by atoms with van der Waals surface area (Å²) in [5.41, 5.74) is 1.16. The summed E-state index contributed by atoms with van der Waals surface area (Å²) < 4.78 is 5.32. The quantitative estimate of drug-likeness (QED) is 0.833. The normalized spacial score (nSPS) is 27.9. The molecule has 24 heavy (non-hydrogen) atoms. The van der Waals surface area contributed by atoms with E-state index in [0.717, 1.165) is 57.2 Å². The minimum absolute atomic E-state index is 0.105. The van der Waals surface area contributed by atoms with Crippen LogP contribution in [0.15, 0.2) is 24.3 Å². The molecule has 3 fully saturated rings. The van der Waals surface area contributed by atoms with Crippen LogP contribution in [0.25, 0.3) is 0 Å². The first kappa shape index (κ1) is 15.9. The van der Waals surface area contributed by atoms with Crippen molar-refractivity contribution in [3.8, 4) is 5.75 Å². The van der Waals surface area contributed by atoms with Gasteiger partial charge in [0.05, 0.1) is 12.5 Å². The van der Waals surface area contributed by atoms with Gasteiger partial charge in [-0.3, -0.25) is 9.69 Å². The van der Waals surface area contributed by atoms with E-state index in [4.69, 9.17) is 4.74 Å². The van der Waals surface area contributed by atoms with Gasteiger partial charge in [-0.1, -0.05) is 12.1 Å². The van der Waals surface area contributed by atoms with Crippen LogP contribution in [0.3, 0.4) is 0 Å². The van der Waals surface area contributed by atoms with E-state index >= 15 is 0 Å². The highest BCUT2D eigenvalue weighted by molar-refractivity contribution is 5.84. The molecule has 1 atom stereocenters. The summed E-state index contributed by atoms with van der Waals surface area (Å²) in [7, 11) is 1.71. The van der Waals surface area contributed by atoms with Gasteiger partial charge in [0.15, 0.2) is 0 Å². The number of hydrogen-bond donors (Lipinski definition) is 0. The molecule has 2 saturated heterocycles. The van der Waals surface area contributed by atoms with Gasteiger partial charge in [0.2, 0.25) is 5.91 Å². The van der Waals surface area contributed by atoms with Crippen molar-refractivity contribution in [2.24, 2.45) is 11.3 Å². The summed E-state index contributed by atoms with van der Waals surface area (Å²) in [6, 6.07) is 8.28. The Labute approximate surface area is 144 Å². The summed E-state index contributed by atoms with van der Waals surface area (Å²) in [6.07, 6.45) is 5.90. The molecule has 1 amide bonds. The predicted octanol–water partition coefficient (Wildman–Crippen LogP) is 2.92. The molecule has 0 bridgehead atoms. The molecule has 2 heterocycles. The second-order valence-corrected chi connectivity index (χ2v) is 7.89. The van der Waals surface area contributed by atoms with Crippen molar-refractivity contribution in [3.63, 3.8) is 0 Å². The average Bonchev–Trinajstić information content (AvgIpc) is 3.33. The zero-order valence-corrected chi connectivity index (χ0v) is 14.7. The Morgan fingerprint density at radius 1 is 1.25 bits per heavy atom. The fourth-order valence-electron chi connectivity index (χ4n) is 4.44. The van der Waals surface area contributed by atoms with Gasteiger partial charge in [-0.25, -0.2) is 0 Å². The first-order valence-corrected chi connectivity index (χ1v) is 9.33. The second kappa shape index (κ2) is 6.40. The number of hydrogen-bond acceptors (Lipinski definition) is 3. The van der Waals surface area contributed by atoms with Crippen molar-refractivity contribution in [1.29, 1.82) is 0 Å². The Kier molecular flexibility index (Phi) is 4.25. The van der Waals surface area contributed by atoms with Crippen LogP contribution in [0.2, 0.25) is 0 Å². The van der Waals surface area contributed by atoms with Crippen LogP contribution >= 0.6 is 0 Å². The molecule has 2 aliphatic heterocycles. The molecule has 1 aromatic carbocycles. The largest absolute Gasteiger partial charge is 0.497 e. The summed E-state index contributed by atoms with van der Waals surface area (Å²) in [4.78, 5) is 17.7. The van der Waals surface area contributed by atoms with Gasteiger partial charge < -0.3 is 9.64 Å². The van der Waals surface area contributed by atoms with Crippen LogP contribution in [-0.4, -0.2) is 49.0 Å². The lowest BCUT2D eigenvalue weighted by Gasteiger charge is -2.39. The van der Waals surface area contributed by atoms with Gasteiger partial charge in [-0.2, -0.15) is 0 Å². The van der Waals surface area contributed by atoms with E-state index in [1.807, 2.05) is 12.1 Å². The molecular formula is C20H28N2O2. The Morgan fingerprint density at radius 2 is 2.12 bits per heavy atom. The Balaban J connectivity index is 1.41. The lowest BCUT2D eigenvalue weighted by Crippen LogP contribution is -2.50. The molecule has 0 radical (unpaired) electrons. The van der Waals surface area contributed by atoms with Gasteiger partial charge >= 0.3 is 0 Å². The van der Waals surface area contributed by atoms with Crippen molar-refractivity contribution in [2.75, 3.05) is 33.3 Å². The highest BCUT2D eigenvalue weighted by Crippen LogP contribution is 2.42. The molecule has 4 rings (SSSR count). The summed E-state index contributed by atoms with van der Waals surface area (Å²) in [5.74, 6) is 2.14. The van der Waals surface area contributed by atoms with E-state index < -0.39 is 0 Å². The Hall–Kier alpha value is -1.55. The molecule has 1 unspecified atom stereocenters. The van der Waals surface area contributed by atoms with E-state index in [0.29, 0.717) is 5.91 Å². The molecule has 130 valence electrons. The van der Waals surface area contributed by atoms with Crippen molar-refractivity contribution in [2.45, 2.75) is 38.6 Å². The Bertz CT molecular complexity index is 613. The third kappa shape index (κ3) is 3.16. The van der Waals surface area contributed by atoms with Gasteiger partial charge in [0, 0.05) is 26.2 Å². The minimum Gasteiger partial charge on any atom is -0.497 e. The fraction of sp³-hybridized carbons (Fsp3) is 0.650. The third-order valence-corrected chi connectivity index (χ3v) is 5.97. The smallest absolute Gasteiger partial charge is 0.230 e. The molecule has 1 aromatic rings. The van der Waals surface area contributed by atoms with Crippen LogP contribution < -0.4 is 4.74 Å². The third-order valence-electron chi connectivity index (χ3n) is 5.97.